The van der Waals surface area contributed by atoms with E-state index >= 15 is 0 Å². The lowest BCUT2D eigenvalue weighted by Gasteiger charge is -2.31. The number of benzene rings is 2. The van der Waals surface area contributed by atoms with Crippen LogP contribution in [0.1, 0.15) is 18.4 Å². The minimum atomic E-state index is -0.0935. The first-order valence-electron chi connectivity index (χ1n) is 10.4. The summed E-state index contributed by atoms with van der Waals surface area (Å²) >= 11 is 0. The maximum atomic E-state index is 12.9. The third-order valence-corrected chi connectivity index (χ3v) is 5.66. The van der Waals surface area contributed by atoms with E-state index in [4.69, 9.17) is 14.2 Å². The van der Waals surface area contributed by atoms with Crippen molar-refractivity contribution in [1.29, 1.82) is 0 Å². The van der Waals surface area contributed by atoms with Gasteiger partial charge in [-0.2, -0.15) is 0 Å². The second kappa shape index (κ2) is 9.16. The zero-order valence-electron chi connectivity index (χ0n) is 18.1. The molecule has 1 amide bonds. The molecule has 1 saturated heterocycles. The number of piperidine rings is 1. The van der Waals surface area contributed by atoms with E-state index in [1.165, 1.54) is 0 Å². The van der Waals surface area contributed by atoms with E-state index in [1.807, 2.05) is 36.4 Å². The fraction of sp³-hybridized carbons (Fsp3) is 0.391. The number of amides is 1. The Kier molecular flexibility index (Phi) is 6.16. The van der Waals surface area contributed by atoms with Crippen LogP contribution in [-0.2, 0) is 11.3 Å². The van der Waals surface area contributed by atoms with Crippen LogP contribution in [0.2, 0.25) is 0 Å². The Morgan fingerprint density at radius 3 is 2.58 bits per heavy atom. The fourth-order valence-electron chi connectivity index (χ4n) is 4.04. The SMILES string of the molecule is COc1cc(CNC(=O)[C@H]2CCCN(c3nc4ccccc4[nH]3)C2)cc(OC)c1OC. The molecule has 0 bridgehead atoms. The topological polar surface area (TPSA) is 88.7 Å². The Hall–Kier alpha value is -3.42. The Morgan fingerprint density at radius 1 is 1.16 bits per heavy atom. The minimum absolute atomic E-state index is 0.0366. The molecule has 164 valence electrons. The molecule has 0 aliphatic carbocycles. The molecule has 0 saturated carbocycles. The number of rotatable bonds is 7. The van der Waals surface area contributed by atoms with Crippen LogP contribution in [0.15, 0.2) is 36.4 Å². The summed E-state index contributed by atoms with van der Waals surface area (Å²) in [4.78, 5) is 23.1. The second-order valence-corrected chi connectivity index (χ2v) is 7.61. The summed E-state index contributed by atoms with van der Waals surface area (Å²) < 4.78 is 16.1. The third kappa shape index (κ3) is 4.38. The highest BCUT2D eigenvalue weighted by Gasteiger charge is 2.27. The number of carbonyl (C=O) groups excluding carboxylic acids is 1. The van der Waals surface area contributed by atoms with Gasteiger partial charge in [-0.3, -0.25) is 4.79 Å². The summed E-state index contributed by atoms with van der Waals surface area (Å²) in [6.07, 6.45) is 1.80. The summed E-state index contributed by atoms with van der Waals surface area (Å²) in [6.45, 7) is 1.91. The quantitative estimate of drug-likeness (QED) is 0.606. The average molecular weight is 425 g/mol. The molecule has 0 radical (unpaired) electrons. The molecule has 1 aromatic heterocycles. The van der Waals surface area contributed by atoms with Gasteiger partial charge in [0.15, 0.2) is 11.5 Å². The molecule has 1 atom stereocenters. The van der Waals surface area contributed by atoms with Gasteiger partial charge in [-0.25, -0.2) is 4.98 Å². The van der Waals surface area contributed by atoms with Gasteiger partial charge in [0, 0.05) is 19.6 Å². The molecule has 1 fully saturated rings. The first-order valence-corrected chi connectivity index (χ1v) is 10.4. The molecule has 1 aliphatic heterocycles. The number of imidazole rings is 1. The number of anilines is 1. The van der Waals surface area contributed by atoms with Crippen LogP contribution < -0.4 is 24.4 Å². The summed E-state index contributed by atoms with van der Waals surface area (Å²) in [5.74, 6) is 2.44. The lowest BCUT2D eigenvalue weighted by Crippen LogP contribution is -2.43. The Labute approximate surface area is 181 Å². The van der Waals surface area contributed by atoms with E-state index in [-0.39, 0.29) is 11.8 Å². The van der Waals surface area contributed by atoms with Crippen LogP contribution in [0.25, 0.3) is 11.0 Å². The van der Waals surface area contributed by atoms with E-state index in [2.05, 4.69) is 20.2 Å². The lowest BCUT2D eigenvalue weighted by molar-refractivity contribution is -0.125. The number of H-pyrrole nitrogens is 1. The van der Waals surface area contributed by atoms with Crippen LogP contribution in [0, 0.1) is 5.92 Å². The van der Waals surface area contributed by atoms with Crippen molar-refractivity contribution < 1.29 is 19.0 Å². The maximum Gasteiger partial charge on any atom is 0.225 e. The Morgan fingerprint density at radius 2 is 1.90 bits per heavy atom. The number of nitrogens with zero attached hydrogens (tertiary/aromatic N) is 2. The number of hydrogen-bond donors (Lipinski definition) is 2. The van der Waals surface area contributed by atoms with Crippen LogP contribution in [-0.4, -0.2) is 50.3 Å². The number of aromatic amines is 1. The van der Waals surface area contributed by atoms with E-state index in [1.54, 1.807) is 21.3 Å². The number of carbonyl (C=O) groups is 1. The average Bonchev–Trinajstić information content (AvgIpc) is 3.26. The molecule has 2 aromatic carbocycles. The van der Waals surface area contributed by atoms with Gasteiger partial charge in [-0.15, -0.1) is 0 Å². The molecule has 3 aromatic rings. The standard InChI is InChI=1S/C23H28N4O4/c1-29-19-11-15(12-20(30-2)21(19)31-3)13-24-22(28)16-7-6-10-27(14-16)23-25-17-8-4-5-9-18(17)26-23/h4-5,8-9,11-12,16H,6-7,10,13-14H2,1-3H3,(H,24,28)(H,25,26)/t16-/m0/s1. The molecule has 2 heterocycles. The van der Waals surface area contributed by atoms with Gasteiger partial charge < -0.3 is 29.4 Å². The van der Waals surface area contributed by atoms with Crippen molar-refractivity contribution in [3.05, 3.63) is 42.0 Å². The number of nitrogens with one attached hydrogen (secondary N) is 2. The van der Waals surface area contributed by atoms with Crippen molar-refractivity contribution in [2.45, 2.75) is 19.4 Å². The molecule has 2 N–H and O–H groups in total. The van der Waals surface area contributed by atoms with Crippen molar-refractivity contribution in [3.8, 4) is 17.2 Å². The van der Waals surface area contributed by atoms with Gasteiger partial charge in [0.1, 0.15) is 0 Å². The normalized spacial score (nSPS) is 16.2. The van der Waals surface area contributed by atoms with E-state index in [0.29, 0.717) is 30.3 Å². The number of fused-ring (bicyclic) bond motifs is 1. The fourth-order valence-corrected chi connectivity index (χ4v) is 4.04. The van der Waals surface area contributed by atoms with Crippen LogP contribution in [0.5, 0.6) is 17.2 Å². The van der Waals surface area contributed by atoms with E-state index in [9.17, 15) is 4.79 Å². The van der Waals surface area contributed by atoms with E-state index < -0.39 is 0 Å². The van der Waals surface area contributed by atoms with Crippen molar-refractivity contribution in [2.75, 3.05) is 39.3 Å². The van der Waals surface area contributed by atoms with Gasteiger partial charge in [-0.05, 0) is 42.7 Å². The molecule has 1 aliphatic rings. The molecular weight excluding hydrogens is 396 g/mol. The van der Waals surface area contributed by atoms with Crippen LogP contribution >= 0.6 is 0 Å². The summed E-state index contributed by atoms with van der Waals surface area (Å²) in [7, 11) is 4.72. The lowest BCUT2D eigenvalue weighted by atomic mass is 9.97. The highest BCUT2D eigenvalue weighted by atomic mass is 16.5. The zero-order chi connectivity index (χ0) is 21.8. The molecule has 4 rings (SSSR count). The van der Waals surface area contributed by atoms with Crippen molar-refractivity contribution in [2.24, 2.45) is 5.92 Å². The largest absolute Gasteiger partial charge is 0.493 e. The minimum Gasteiger partial charge on any atom is -0.493 e. The van der Waals surface area contributed by atoms with E-state index in [0.717, 1.165) is 41.9 Å². The number of hydrogen-bond acceptors (Lipinski definition) is 6. The van der Waals surface area contributed by atoms with Crippen LogP contribution in [0.3, 0.4) is 0 Å². The Bertz CT molecular complexity index is 1010. The molecule has 8 heteroatoms. The summed E-state index contributed by atoms with van der Waals surface area (Å²) in [5.41, 5.74) is 2.82. The highest BCUT2D eigenvalue weighted by molar-refractivity contribution is 5.80. The first kappa shape index (κ1) is 20.8. The predicted molar refractivity (Wildman–Crippen MR) is 119 cm³/mol. The molecule has 0 spiro atoms. The zero-order valence-corrected chi connectivity index (χ0v) is 18.1. The highest BCUT2D eigenvalue weighted by Crippen LogP contribution is 2.38. The monoisotopic (exact) mass is 424 g/mol. The summed E-state index contributed by atoms with van der Waals surface area (Å²) in [6, 6.07) is 11.7. The number of methoxy groups -OCH3 is 3. The van der Waals surface area contributed by atoms with Crippen molar-refractivity contribution >= 4 is 22.9 Å². The van der Waals surface area contributed by atoms with Gasteiger partial charge in [-0.1, -0.05) is 12.1 Å². The third-order valence-electron chi connectivity index (χ3n) is 5.66. The molecule has 31 heavy (non-hydrogen) atoms. The molecular formula is C23H28N4O4. The smallest absolute Gasteiger partial charge is 0.225 e. The second-order valence-electron chi connectivity index (χ2n) is 7.61. The first-order chi connectivity index (χ1) is 15.1. The van der Waals surface area contributed by atoms with Crippen LogP contribution in [0.4, 0.5) is 5.95 Å². The summed E-state index contributed by atoms with van der Waals surface area (Å²) in [5, 5.41) is 3.06. The number of ether oxygens (including phenoxy) is 3. The number of aromatic nitrogens is 2. The Balaban J connectivity index is 1.41. The predicted octanol–water partition coefficient (Wildman–Crippen LogP) is 3.12. The number of para-hydroxylation sites is 2. The van der Waals surface area contributed by atoms with Gasteiger partial charge in [0.2, 0.25) is 17.6 Å². The van der Waals surface area contributed by atoms with Gasteiger partial charge in [0.25, 0.3) is 0 Å². The molecule has 0 unspecified atom stereocenters. The van der Waals surface area contributed by atoms with Gasteiger partial charge >= 0.3 is 0 Å². The van der Waals surface area contributed by atoms with Gasteiger partial charge in [0.05, 0.1) is 38.3 Å². The van der Waals surface area contributed by atoms with Crippen molar-refractivity contribution in [3.63, 3.8) is 0 Å². The molecule has 8 nitrogen and oxygen atoms in total. The van der Waals surface area contributed by atoms with Crippen molar-refractivity contribution in [1.82, 2.24) is 15.3 Å². The maximum absolute atomic E-state index is 12.9.